The lowest BCUT2D eigenvalue weighted by molar-refractivity contribution is 0.307. The summed E-state index contributed by atoms with van der Waals surface area (Å²) in [6.45, 7) is 1.56. The third-order valence-electron chi connectivity index (χ3n) is 3.38. The second kappa shape index (κ2) is 5.21. The molecule has 0 saturated heterocycles. The van der Waals surface area contributed by atoms with Crippen LogP contribution in [0.25, 0.3) is 0 Å². The van der Waals surface area contributed by atoms with Crippen molar-refractivity contribution in [2.24, 2.45) is 0 Å². The van der Waals surface area contributed by atoms with E-state index in [9.17, 15) is 4.39 Å². The van der Waals surface area contributed by atoms with E-state index >= 15 is 0 Å². The Labute approximate surface area is 121 Å². The van der Waals surface area contributed by atoms with Gasteiger partial charge >= 0.3 is 0 Å². The lowest BCUT2D eigenvalue weighted by Gasteiger charge is -2.32. The molecule has 1 aliphatic rings. The van der Waals surface area contributed by atoms with Crippen LogP contribution in [-0.4, -0.2) is 13.2 Å². The fraction of sp³-hybridized carbons (Fsp3) is 0.200. The summed E-state index contributed by atoms with van der Waals surface area (Å²) in [5.74, 6) is 0.420. The Morgan fingerprint density at radius 2 is 2.05 bits per heavy atom. The van der Waals surface area contributed by atoms with E-state index in [0.717, 1.165) is 11.4 Å². The number of nitrogens with zero attached hydrogens (tertiary/aromatic N) is 1. The molecule has 3 nitrogen and oxygen atoms in total. The molecule has 3 rings (SSSR count). The van der Waals surface area contributed by atoms with Crippen molar-refractivity contribution < 1.29 is 9.13 Å². The van der Waals surface area contributed by atoms with Crippen LogP contribution in [0.1, 0.15) is 5.56 Å². The van der Waals surface area contributed by atoms with Gasteiger partial charge in [-0.1, -0.05) is 23.7 Å². The quantitative estimate of drug-likeness (QED) is 0.862. The van der Waals surface area contributed by atoms with Gasteiger partial charge in [0.1, 0.15) is 23.9 Å². The number of halogens is 2. The second-order valence-electron chi connectivity index (χ2n) is 4.66. The van der Waals surface area contributed by atoms with Gasteiger partial charge in [0.15, 0.2) is 0 Å². The molecule has 0 radical (unpaired) electrons. The summed E-state index contributed by atoms with van der Waals surface area (Å²) < 4.78 is 19.5. The van der Waals surface area contributed by atoms with E-state index in [1.54, 1.807) is 12.1 Å². The number of hydrogen-bond acceptors (Lipinski definition) is 3. The minimum Gasteiger partial charge on any atom is -0.489 e. The number of nitrogen functional groups attached to an aromatic ring is 1. The molecule has 1 heterocycles. The summed E-state index contributed by atoms with van der Waals surface area (Å²) in [5, 5.41) is 0.424. The van der Waals surface area contributed by atoms with Crippen molar-refractivity contribution in [2.75, 3.05) is 23.8 Å². The third kappa shape index (κ3) is 2.27. The van der Waals surface area contributed by atoms with E-state index in [2.05, 4.69) is 0 Å². The van der Waals surface area contributed by atoms with Gasteiger partial charge in [-0.05, 0) is 24.3 Å². The average Bonchev–Trinajstić information content (AvgIpc) is 2.43. The van der Waals surface area contributed by atoms with Crippen LogP contribution in [0.15, 0.2) is 36.4 Å². The molecule has 0 spiro atoms. The number of rotatable bonds is 2. The summed E-state index contributed by atoms with van der Waals surface area (Å²) in [6.07, 6.45) is 0. The number of hydrogen-bond donors (Lipinski definition) is 1. The van der Waals surface area contributed by atoms with Crippen LogP contribution in [0.3, 0.4) is 0 Å². The zero-order chi connectivity index (χ0) is 14.1. The molecule has 2 aromatic rings. The Hall–Kier alpha value is -1.94. The maximum atomic E-state index is 13.9. The van der Waals surface area contributed by atoms with Crippen LogP contribution in [0.4, 0.5) is 15.8 Å². The van der Waals surface area contributed by atoms with Crippen LogP contribution in [0, 0.1) is 5.82 Å². The molecule has 2 aromatic carbocycles. The van der Waals surface area contributed by atoms with Crippen LogP contribution in [0.5, 0.6) is 5.75 Å². The molecule has 104 valence electrons. The molecule has 0 unspecified atom stereocenters. The van der Waals surface area contributed by atoms with Gasteiger partial charge in [0.25, 0.3) is 0 Å². The van der Waals surface area contributed by atoms with Crippen LogP contribution in [-0.2, 0) is 6.54 Å². The molecular formula is C15H14ClFN2O. The summed E-state index contributed by atoms with van der Waals surface area (Å²) in [5.41, 5.74) is 7.91. The van der Waals surface area contributed by atoms with Crippen molar-refractivity contribution >= 4 is 23.0 Å². The van der Waals surface area contributed by atoms with Gasteiger partial charge in [-0.15, -0.1) is 0 Å². The number of benzene rings is 2. The number of nitrogens with two attached hydrogens (primary N) is 1. The third-order valence-corrected chi connectivity index (χ3v) is 3.73. The van der Waals surface area contributed by atoms with Gasteiger partial charge in [-0.3, -0.25) is 0 Å². The molecule has 0 fully saturated rings. The smallest absolute Gasteiger partial charge is 0.144 e. The molecule has 0 saturated carbocycles. The molecule has 20 heavy (non-hydrogen) atoms. The molecule has 1 aliphatic heterocycles. The van der Waals surface area contributed by atoms with Gasteiger partial charge in [-0.25, -0.2) is 4.39 Å². The van der Waals surface area contributed by atoms with Gasteiger partial charge < -0.3 is 15.4 Å². The van der Waals surface area contributed by atoms with Crippen molar-refractivity contribution in [1.29, 1.82) is 0 Å². The van der Waals surface area contributed by atoms with Crippen molar-refractivity contribution in [3.05, 3.63) is 52.8 Å². The van der Waals surface area contributed by atoms with E-state index < -0.39 is 0 Å². The summed E-state index contributed by atoms with van der Waals surface area (Å²) in [7, 11) is 0. The van der Waals surface area contributed by atoms with E-state index in [1.807, 2.05) is 23.1 Å². The Bertz CT molecular complexity index is 628. The second-order valence-corrected chi connectivity index (χ2v) is 5.07. The van der Waals surface area contributed by atoms with Gasteiger partial charge in [0.2, 0.25) is 0 Å². The highest BCUT2D eigenvalue weighted by molar-refractivity contribution is 6.31. The number of ether oxygens (including phenoxy) is 1. The van der Waals surface area contributed by atoms with Gasteiger partial charge in [-0.2, -0.15) is 0 Å². The van der Waals surface area contributed by atoms with Crippen molar-refractivity contribution in [3.63, 3.8) is 0 Å². The zero-order valence-electron chi connectivity index (χ0n) is 10.8. The van der Waals surface area contributed by atoms with E-state index in [1.165, 1.54) is 6.07 Å². The van der Waals surface area contributed by atoms with Crippen LogP contribution >= 0.6 is 11.6 Å². The number of para-hydroxylation sites is 1. The van der Waals surface area contributed by atoms with Crippen LogP contribution in [0.2, 0.25) is 5.02 Å². The standard InChI is InChI=1S/C15H14ClFN2O/c16-11-3-1-4-12(17)10(11)9-19-7-8-20-14-6-2-5-13(18)15(14)19/h1-6H,7-9,18H2. The molecule has 5 heteroatoms. The average molecular weight is 293 g/mol. The normalized spacial score (nSPS) is 13.8. The topological polar surface area (TPSA) is 38.5 Å². The zero-order valence-corrected chi connectivity index (χ0v) is 11.5. The predicted octanol–water partition coefficient (Wildman–Crippen LogP) is 3.46. The van der Waals surface area contributed by atoms with E-state index in [4.69, 9.17) is 22.1 Å². The summed E-state index contributed by atoms with van der Waals surface area (Å²) in [4.78, 5) is 2.00. The first-order chi connectivity index (χ1) is 9.66. The molecule has 2 N–H and O–H groups in total. The predicted molar refractivity (Wildman–Crippen MR) is 78.8 cm³/mol. The van der Waals surface area contributed by atoms with Gasteiger partial charge in [0.05, 0.1) is 12.2 Å². The first kappa shape index (κ1) is 13.1. The number of fused-ring (bicyclic) bond motifs is 1. The highest BCUT2D eigenvalue weighted by atomic mass is 35.5. The molecule has 0 amide bonds. The SMILES string of the molecule is Nc1cccc2c1N(Cc1c(F)cccc1Cl)CCO2. The highest BCUT2D eigenvalue weighted by Crippen LogP contribution is 2.38. The fourth-order valence-corrected chi connectivity index (χ4v) is 2.63. The summed E-state index contributed by atoms with van der Waals surface area (Å²) in [6, 6.07) is 10.2. The minimum absolute atomic E-state index is 0.306. The van der Waals surface area contributed by atoms with E-state index in [0.29, 0.717) is 36.0 Å². The van der Waals surface area contributed by atoms with Crippen molar-refractivity contribution in [3.8, 4) is 5.75 Å². The largest absolute Gasteiger partial charge is 0.489 e. The molecule has 0 aromatic heterocycles. The first-order valence-electron chi connectivity index (χ1n) is 6.36. The molecule has 0 atom stereocenters. The molecular weight excluding hydrogens is 279 g/mol. The Morgan fingerprint density at radius 1 is 1.25 bits per heavy atom. The Morgan fingerprint density at radius 3 is 2.85 bits per heavy atom. The summed E-state index contributed by atoms with van der Waals surface area (Å²) >= 11 is 6.09. The maximum Gasteiger partial charge on any atom is 0.144 e. The maximum absolute atomic E-state index is 13.9. The first-order valence-corrected chi connectivity index (χ1v) is 6.74. The molecule has 0 aliphatic carbocycles. The fourth-order valence-electron chi connectivity index (χ4n) is 2.40. The van der Waals surface area contributed by atoms with Crippen molar-refractivity contribution in [2.45, 2.75) is 6.54 Å². The monoisotopic (exact) mass is 292 g/mol. The van der Waals surface area contributed by atoms with Gasteiger partial charge in [0, 0.05) is 17.1 Å². The molecule has 0 bridgehead atoms. The van der Waals surface area contributed by atoms with Crippen LogP contribution < -0.4 is 15.4 Å². The van der Waals surface area contributed by atoms with E-state index in [-0.39, 0.29) is 5.82 Å². The Balaban J connectivity index is 1.98. The lowest BCUT2D eigenvalue weighted by Crippen LogP contribution is -2.33. The highest BCUT2D eigenvalue weighted by Gasteiger charge is 2.22. The minimum atomic E-state index is -0.306. The lowest BCUT2D eigenvalue weighted by atomic mass is 10.1. The Kier molecular flexibility index (Phi) is 3.40. The number of anilines is 2. The van der Waals surface area contributed by atoms with Crippen molar-refractivity contribution in [1.82, 2.24) is 0 Å².